The van der Waals surface area contributed by atoms with Crippen LogP contribution in [-0.2, 0) is 24.3 Å². The van der Waals surface area contributed by atoms with Crippen LogP contribution in [0.5, 0.6) is 11.5 Å². The highest BCUT2D eigenvalue weighted by Crippen LogP contribution is 2.23. The Balaban J connectivity index is 1.51. The number of amides is 1. The summed E-state index contributed by atoms with van der Waals surface area (Å²) in [5, 5.41) is 0. The summed E-state index contributed by atoms with van der Waals surface area (Å²) in [5.74, 6) is 1.81. The van der Waals surface area contributed by atoms with E-state index in [1.165, 1.54) is 5.56 Å². The third-order valence-corrected chi connectivity index (χ3v) is 6.06. The minimum atomic E-state index is 0.141. The monoisotopic (exact) mass is 448 g/mol. The highest BCUT2D eigenvalue weighted by molar-refractivity contribution is 5.79. The van der Waals surface area contributed by atoms with Gasteiger partial charge in [-0.05, 0) is 30.7 Å². The molecule has 1 aromatic heterocycles. The summed E-state index contributed by atoms with van der Waals surface area (Å²) < 4.78 is 13.7. The lowest BCUT2D eigenvalue weighted by Crippen LogP contribution is -2.39. The first-order chi connectivity index (χ1) is 16.2. The lowest BCUT2D eigenvalue weighted by Gasteiger charge is -2.27. The van der Waals surface area contributed by atoms with Crippen LogP contribution in [0.4, 0.5) is 0 Å². The number of aromatic nitrogens is 2. The first kappa shape index (κ1) is 22.9. The van der Waals surface area contributed by atoms with Crippen molar-refractivity contribution < 1.29 is 14.3 Å². The van der Waals surface area contributed by atoms with E-state index >= 15 is 0 Å². The quantitative estimate of drug-likeness (QED) is 0.580. The Hall–Kier alpha value is -3.32. The van der Waals surface area contributed by atoms with Crippen LogP contribution >= 0.6 is 0 Å². The number of likely N-dealkylation sites (N-methyl/N-ethyl adjacent to an activating group) is 1. The van der Waals surface area contributed by atoms with Gasteiger partial charge < -0.3 is 18.9 Å². The van der Waals surface area contributed by atoms with Gasteiger partial charge in [0.05, 0.1) is 26.4 Å². The number of imidazole rings is 1. The molecule has 7 nitrogen and oxygen atoms in total. The predicted octanol–water partition coefficient (Wildman–Crippen LogP) is 3.23. The van der Waals surface area contributed by atoms with Gasteiger partial charge >= 0.3 is 0 Å². The second-order valence-corrected chi connectivity index (χ2v) is 8.26. The molecule has 0 saturated carbocycles. The molecule has 0 N–H and O–H groups in total. The van der Waals surface area contributed by atoms with Crippen LogP contribution in [0.3, 0.4) is 0 Å². The molecule has 1 aliphatic heterocycles. The molecule has 0 atom stereocenters. The topological polar surface area (TPSA) is 59.8 Å². The fourth-order valence-electron chi connectivity index (χ4n) is 4.23. The third-order valence-electron chi connectivity index (χ3n) is 6.06. The molecule has 7 heteroatoms. The molecule has 0 bridgehead atoms. The molecule has 0 saturated heterocycles. The van der Waals surface area contributed by atoms with Gasteiger partial charge in [0.25, 0.3) is 0 Å². The number of rotatable bonds is 6. The Bertz CT molecular complexity index is 1050. The van der Waals surface area contributed by atoms with Gasteiger partial charge in [-0.15, -0.1) is 0 Å². The van der Waals surface area contributed by atoms with Crippen molar-refractivity contribution in [3.63, 3.8) is 0 Å². The van der Waals surface area contributed by atoms with E-state index < -0.39 is 0 Å². The number of hydrogen-bond donors (Lipinski definition) is 0. The van der Waals surface area contributed by atoms with Gasteiger partial charge in [0.2, 0.25) is 5.91 Å². The molecule has 0 unspecified atom stereocenters. The van der Waals surface area contributed by atoms with Gasteiger partial charge in [0.15, 0.2) is 0 Å². The first-order valence-electron chi connectivity index (χ1n) is 11.5. The van der Waals surface area contributed by atoms with E-state index in [2.05, 4.69) is 22.0 Å². The Kier molecular flexibility index (Phi) is 7.62. The number of ether oxygens (including phenoxy) is 2. The second-order valence-electron chi connectivity index (χ2n) is 8.26. The normalized spacial score (nSPS) is 15.5. The van der Waals surface area contributed by atoms with Crippen LogP contribution in [0.2, 0.25) is 0 Å². The molecule has 1 aliphatic rings. The van der Waals surface area contributed by atoms with E-state index in [4.69, 9.17) is 9.47 Å². The maximum Gasteiger partial charge on any atom is 0.227 e. The largest absolute Gasteiger partial charge is 0.496 e. The Morgan fingerprint density at radius 1 is 1.09 bits per heavy atom. The van der Waals surface area contributed by atoms with Crippen LogP contribution in [-0.4, -0.2) is 65.2 Å². The lowest BCUT2D eigenvalue weighted by molar-refractivity contribution is -0.130. The number of methoxy groups -OCH3 is 1. The zero-order valence-corrected chi connectivity index (χ0v) is 19.4. The van der Waals surface area contributed by atoms with E-state index in [9.17, 15) is 4.79 Å². The summed E-state index contributed by atoms with van der Waals surface area (Å²) in [6, 6.07) is 14.2. The van der Waals surface area contributed by atoms with E-state index in [0.717, 1.165) is 42.3 Å². The molecule has 0 aliphatic carbocycles. The number of nitrogens with zero attached hydrogens (tertiary/aromatic N) is 4. The van der Waals surface area contributed by atoms with Crippen molar-refractivity contribution >= 4 is 5.91 Å². The number of benzene rings is 2. The summed E-state index contributed by atoms with van der Waals surface area (Å²) in [6.45, 7) is 7.08. The average molecular weight is 449 g/mol. The highest BCUT2D eigenvalue weighted by Gasteiger charge is 2.18. The van der Waals surface area contributed by atoms with Crippen LogP contribution in [0.15, 0.2) is 61.2 Å². The summed E-state index contributed by atoms with van der Waals surface area (Å²) >= 11 is 0. The zero-order valence-electron chi connectivity index (χ0n) is 19.4. The predicted molar refractivity (Wildman–Crippen MR) is 127 cm³/mol. The van der Waals surface area contributed by atoms with Crippen molar-refractivity contribution in [2.75, 3.05) is 39.9 Å². The van der Waals surface area contributed by atoms with Crippen LogP contribution in [0, 0.1) is 0 Å². The molecular formula is C26H32N4O3. The Labute approximate surface area is 195 Å². The maximum atomic E-state index is 12.9. The molecule has 33 heavy (non-hydrogen) atoms. The standard InChI is InChI=1S/C26H32N4O3/c1-3-30-13-12-28(14-15-33-25-7-5-4-6-22(25)17-26(30)31)18-21-8-9-24(32-2)23(16-21)19-29-11-10-27-20-29/h4-11,16,20H,3,12-15,17-19H2,1-2H3. The van der Waals surface area contributed by atoms with Gasteiger partial charge in [-0.3, -0.25) is 9.69 Å². The lowest BCUT2D eigenvalue weighted by atomic mass is 10.1. The zero-order chi connectivity index (χ0) is 23.0. The van der Waals surface area contributed by atoms with Gasteiger partial charge in [-0.1, -0.05) is 24.3 Å². The molecule has 0 radical (unpaired) electrons. The van der Waals surface area contributed by atoms with Crippen molar-refractivity contribution in [2.24, 2.45) is 0 Å². The number of para-hydroxylation sites is 1. The molecule has 0 spiro atoms. The molecule has 2 aromatic carbocycles. The fraction of sp³-hybridized carbons (Fsp3) is 0.385. The molecule has 174 valence electrons. The Morgan fingerprint density at radius 2 is 1.97 bits per heavy atom. The minimum Gasteiger partial charge on any atom is -0.496 e. The molecule has 0 fully saturated rings. The first-order valence-corrected chi connectivity index (χ1v) is 11.5. The minimum absolute atomic E-state index is 0.141. The van der Waals surface area contributed by atoms with E-state index in [-0.39, 0.29) is 5.91 Å². The van der Waals surface area contributed by atoms with Crippen molar-refractivity contribution in [2.45, 2.75) is 26.4 Å². The van der Waals surface area contributed by atoms with E-state index in [1.807, 2.05) is 59.2 Å². The van der Waals surface area contributed by atoms with Gasteiger partial charge in [0, 0.05) is 56.2 Å². The summed E-state index contributed by atoms with van der Waals surface area (Å²) in [7, 11) is 1.70. The number of carbonyl (C=O) groups is 1. The van der Waals surface area contributed by atoms with Crippen molar-refractivity contribution in [3.8, 4) is 11.5 Å². The smallest absolute Gasteiger partial charge is 0.227 e. The van der Waals surface area contributed by atoms with E-state index in [0.29, 0.717) is 32.7 Å². The molecule has 2 heterocycles. The summed E-state index contributed by atoms with van der Waals surface area (Å²) in [6.07, 6.45) is 5.92. The van der Waals surface area contributed by atoms with Crippen molar-refractivity contribution in [3.05, 3.63) is 77.9 Å². The van der Waals surface area contributed by atoms with Crippen molar-refractivity contribution in [1.29, 1.82) is 0 Å². The SMILES string of the molecule is CCN1CCN(Cc2ccc(OC)c(Cn3ccnc3)c2)CCOc2ccccc2CC1=O. The van der Waals surface area contributed by atoms with Gasteiger partial charge in [-0.25, -0.2) is 4.98 Å². The maximum absolute atomic E-state index is 12.9. The van der Waals surface area contributed by atoms with Crippen LogP contribution in [0.1, 0.15) is 23.6 Å². The van der Waals surface area contributed by atoms with Crippen LogP contribution < -0.4 is 9.47 Å². The van der Waals surface area contributed by atoms with E-state index in [1.54, 1.807) is 13.3 Å². The Morgan fingerprint density at radius 3 is 2.76 bits per heavy atom. The summed E-state index contributed by atoms with van der Waals surface area (Å²) in [4.78, 5) is 21.3. The second kappa shape index (κ2) is 11.0. The molecule has 4 rings (SSSR count). The average Bonchev–Trinajstić information content (AvgIpc) is 3.32. The fourth-order valence-corrected chi connectivity index (χ4v) is 4.23. The van der Waals surface area contributed by atoms with Gasteiger partial charge in [0.1, 0.15) is 18.1 Å². The van der Waals surface area contributed by atoms with Crippen molar-refractivity contribution in [1.82, 2.24) is 19.4 Å². The number of hydrogen-bond acceptors (Lipinski definition) is 5. The van der Waals surface area contributed by atoms with Gasteiger partial charge in [-0.2, -0.15) is 0 Å². The summed E-state index contributed by atoms with van der Waals surface area (Å²) in [5.41, 5.74) is 3.27. The third kappa shape index (κ3) is 5.93. The molecule has 1 amide bonds. The highest BCUT2D eigenvalue weighted by atomic mass is 16.5. The number of fused-ring (bicyclic) bond motifs is 1. The number of carbonyl (C=O) groups excluding carboxylic acids is 1. The van der Waals surface area contributed by atoms with Crippen LogP contribution in [0.25, 0.3) is 0 Å². The molecular weight excluding hydrogens is 416 g/mol. The molecule has 3 aromatic rings.